The molecule has 3 heterocycles. The van der Waals surface area contributed by atoms with Crippen molar-refractivity contribution < 1.29 is 9.66 Å². The van der Waals surface area contributed by atoms with Crippen LogP contribution in [0.15, 0.2) is 29.0 Å². The summed E-state index contributed by atoms with van der Waals surface area (Å²) in [5, 5.41) is 10.8. The van der Waals surface area contributed by atoms with Gasteiger partial charge in [-0.2, -0.15) is 0 Å². The first-order valence-corrected chi connectivity index (χ1v) is 7.59. The highest BCUT2D eigenvalue weighted by Gasteiger charge is 2.22. The highest BCUT2D eigenvalue weighted by atomic mass is 79.9. The number of hydrogen-bond acceptors (Lipinski definition) is 6. The van der Waals surface area contributed by atoms with Crippen LogP contribution in [0.25, 0.3) is 0 Å². The van der Waals surface area contributed by atoms with Crippen molar-refractivity contribution in [3.05, 3.63) is 44.8 Å². The number of imidazole rings is 1. The first-order chi connectivity index (χ1) is 10.6. The highest BCUT2D eigenvalue weighted by molar-refractivity contribution is 9.10. The summed E-state index contributed by atoms with van der Waals surface area (Å²) in [5.41, 5.74) is 0.965. The van der Waals surface area contributed by atoms with E-state index in [4.69, 9.17) is 4.74 Å². The van der Waals surface area contributed by atoms with Crippen LogP contribution in [0.1, 0.15) is 5.69 Å². The maximum Gasteiger partial charge on any atom is 0.414 e. The van der Waals surface area contributed by atoms with E-state index in [0.717, 1.165) is 23.4 Å². The van der Waals surface area contributed by atoms with Gasteiger partial charge in [0.25, 0.3) is 0 Å². The molecule has 0 N–H and O–H groups in total. The summed E-state index contributed by atoms with van der Waals surface area (Å²) in [4.78, 5) is 20.8. The van der Waals surface area contributed by atoms with E-state index in [2.05, 4.69) is 30.8 Å². The Kier molecular flexibility index (Phi) is 4.34. The van der Waals surface area contributed by atoms with Gasteiger partial charge in [0.15, 0.2) is 0 Å². The van der Waals surface area contributed by atoms with E-state index < -0.39 is 4.92 Å². The number of hydrogen-bond donors (Lipinski definition) is 0. The van der Waals surface area contributed by atoms with Gasteiger partial charge in [-0.3, -0.25) is 9.47 Å². The molecule has 2 aromatic heterocycles. The largest absolute Gasteiger partial charge is 0.444 e. The van der Waals surface area contributed by atoms with Gasteiger partial charge in [0, 0.05) is 31.2 Å². The monoisotopic (exact) mass is 367 g/mol. The summed E-state index contributed by atoms with van der Waals surface area (Å²) in [6, 6.07) is 6.12. The van der Waals surface area contributed by atoms with Crippen molar-refractivity contribution in [2.75, 3.05) is 19.7 Å². The van der Waals surface area contributed by atoms with Crippen LogP contribution >= 0.6 is 15.9 Å². The average Bonchev–Trinajstić information content (AvgIpc) is 2.85. The number of nitro groups is 1. The standard InChI is InChI=1S/C13H14BrN5O3/c14-11-3-1-2-10(15-11)8-17-4-5-18-9-12(19(20)21)16-13(18)22-7-6-17/h1-3,9H,4-8H2. The molecule has 116 valence electrons. The van der Waals surface area contributed by atoms with Crippen LogP contribution in [0, 0.1) is 10.1 Å². The number of aromatic nitrogens is 3. The minimum absolute atomic E-state index is 0.183. The van der Waals surface area contributed by atoms with E-state index in [-0.39, 0.29) is 5.82 Å². The molecule has 0 saturated heterocycles. The second-order valence-electron chi connectivity index (χ2n) is 4.91. The second kappa shape index (κ2) is 6.41. The van der Waals surface area contributed by atoms with E-state index >= 15 is 0 Å². The maximum atomic E-state index is 10.8. The fourth-order valence-corrected chi connectivity index (χ4v) is 2.68. The minimum Gasteiger partial charge on any atom is -0.444 e. The minimum atomic E-state index is -0.509. The lowest BCUT2D eigenvalue weighted by Crippen LogP contribution is -2.33. The SMILES string of the molecule is O=[N+]([O-])c1cn2c(n1)OCCN(Cc1cccc(Br)n1)CC2. The van der Waals surface area contributed by atoms with Crippen molar-refractivity contribution >= 4 is 21.7 Å². The average molecular weight is 368 g/mol. The van der Waals surface area contributed by atoms with Gasteiger partial charge in [0.05, 0.1) is 5.69 Å². The number of halogens is 1. The van der Waals surface area contributed by atoms with E-state index in [1.807, 2.05) is 18.2 Å². The molecule has 0 aliphatic carbocycles. The van der Waals surface area contributed by atoms with Crippen LogP contribution in [-0.2, 0) is 13.1 Å². The zero-order chi connectivity index (χ0) is 15.5. The molecule has 2 aromatic rings. The van der Waals surface area contributed by atoms with Gasteiger partial charge in [-0.1, -0.05) is 6.07 Å². The van der Waals surface area contributed by atoms with Crippen LogP contribution in [0.5, 0.6) is 6.01 Å². The lowest BCUT2D eigenvalue weighted by molar-refractivity contribution is -0.389. The predicted octanol–water partition coefficient (Wildman–Crippen LogP) is 1.84. The Labute approximate surface area is 135 Å². The van der Waals surface area contributed by atoms with Gasteiger partial charge in [-0.25, -0.2) is 4.98 Å². The Morgan fingerprint density at radius 1 is 1.32 bits per heavy atom. The molecule has 1 aliphatic rings. The third-order valence-electron chi connectivity index (χ3n) is 3.37. The van der Waals surface area contributed by atoms with Crippen molar-refractivity contribution in [3.8, 4) is 6.01 Å². The third-order valence-corrected chi connectivity index (χ3v) is 3.81. The molecule has 1 aliphatic heterocycles. The van der Waals surface area contributed by atoms with Gasteiger partial charge in [0.1, 0.15) is 17.4 Å². The Morgan fingerprint density at radius 3 is 2.95 bits per heavy atom. The zero-order valence-electron chi connectivity index (χ0n) is 11.7. The molecule has 0 unspecified atom stereocenters. The topological polar surface area (TPSA) is 86.3 Å². The third kappa shape index (κ3) is 3.42. The molecular weight excluding hydrogens is 354 g/mol. The summed E-state index contributed by atoms with van der Waals surface area (Å²) >= 11 is 3.36. The van der Waals surface area contributed by atoms with Gasteiger partial charge >= 0.3 is 11.8 Å². The van der Waals surface area contributed by atoms with Crippen LogP contribution in [0.3, 0.4) is 0 Å². The molecule has 0 atom stereocenters. The summed E-state index contributed by atoms with van der Waals surface area (Å²) in [6.07, 6.45) is 1.41. The van der Waals surface area contributed by atoms with Crippen LogP contribution < -0.4 is 4.74 Å². The number of pyridine rings is 1. The molecule has 0 aromatic carbocycles. The van der Waals surface area contributed by atoms with E-state index in [1.165, 1.54) is 6.20 Å². The molecular formula is C13H14BrN5O3. The highest BCUT2D eigenvalue weighted by Crippen LogP contribution is 2.19. The Balaban J connectivity index is 1.69. The maximum absolute atomic E-state index is 10.8. The van der Waals surface area contributed by atoms with E-state index in [0.29, 0.717) is 25.7 Å². The number of ether oxygens (including phenoxy) is 1. The molecule has 0 bridgehead atoms. The smallest absolute Gasteiger partial charge is 0.414 e. The number of fused-ring (bicyclic) bond motifs is 1. The summed E-state index contributed by atoms with van der Waals surface area (Å²) in [6.45, 7) is 3.19. The van der Waals surface area contributed by atoms with Gasteiger partial charge in [0.2, 0.25) is 0 Å². The normalized spacial score (nSPS) is 15.5. The molecule has 22 heavy (non-hydrogen) atoms. The Morgan fingerprint density at radius 2 is 2.18 bits per heavy atom. The fourth-order valence-electron chi connectivity index (χ4n) is 2.30. The van der Waals surface area contributed by atoms with Crippen LogP contribution in [0.2, 0.25) is 0 Å². The first-order valence-electron chi connectivity index (χ1n) is 6.80. The van der Waals surface area contributed by atoms with E-state index in [1.54, 1.807) is 4.57 Å². The zero-order valence-corrected chi connectivity index (χ0v) is 13.3. The molecule has 0 radical (unpaired) electrons. The second-order valence-corrected chi connectivity index (χ2v) is 5.72. The lowest BCUT2D eigenvalue weighted by atomic mass is 10.3. The number of nitrogens with zero attached hydrogens (tertiary/aromatic N) is 5. The molecule has 0 spiro atoms. The van der Waals surface area contributed by atoms with Crippen LogP contribution in [0.4, 0.5) is 5.82 Å². The molecule has 0 amide bonds. The fraction of sp³-hybridized carbons (Fsp3) is 0.385. The molecule has 9 heteroatoms. The molecule has 0 fully saturated rings. The van der Waals surface area contributed by atoms with Gasteiger partial charge < -0.3 is 14.9 Å². The molecule has 8 nitrogen and oxygen atoms in total. The molecule has 3 rings (SSSR count). The van der Waals surface area contributed by atoms with Crippen LogP contribution in [-0.4, -0.2) is 44.1 Å². The predicted molar refractivity (Wildman–Crippen MR) is 81.6 cm³/mol. The Hall–Kier alpha value is -2.00. The van der Waals surface area contributed by atoms with Crippen molar-refractivity contribution in [1.29, 1.82) is 0 Å². The van der Waals surface area contributed by atoms with Crippen molar-refractivity contribution in [2.24, 2.45) is 0 Å². The van der Waals surface area contributed by atoms with Crippen molar-refractivity contribution in [3.63, 3.8) is 0 Å². The summed E-state index contributed by atoms with van der Waals surface area (Å²) in [5.74, 6) is -0.183. The van der Waals surface area contributed by atoms with Gasteiger partial charge in [-0.05, 0) is 33.0 Å². The van der Waals surface area contributed by atoms with Gasteiger partial charge in [-0.15, -0.1) is 0 Å². The van der Waals surface area contributed by atoms with Crippen molar-refractivity contribution in [1.82, 2.24) is 19.4 Å². The lowest BCUT2D eigenvalue weighted by Gasteiger charge is -2.24. The first kappa shape index (κ1) is 14.9. The summed E-state index contributed by atoms with van der Waals surface area (Å²) < 4.78 is 8.01. The van der Waals surface area contributed by atoms with E-state index in [9.17, 15) is 10.1 Å². The quantitative estimate of drug-likeness (QED) is 0.467. The number of rotatable bonds is 3. The summed E-state index contributed by atoms with van der Waals surface area (Å²) in [7, 11) is 0. The Bertz CT molecular complexity index is 690. The molecule has 0 saturated carbocycles. The van der Waals surface area contributed by atoms with Crippen molar-refractivity contribution in [2.45, 2.75) is 13.1 Å².